The number of aromatic nitrogens is 2. The Bertz CT molecular complexity index is 732. The summed E-state index contributed by atoms with van der Waals surface area (Å²) in [6.45, 7) is 0. The highest BCUT2D eigenvalue weighted by molar-refractivity contribution is 5.98. The zero-order chi connectivity index (χ0) is 14.1. The minimum atomic E-state index is 0.624. The molecule has 3 N–H and O–H groups in total. The molecule has 3 heteroatoms. The number of fused-ring (bicyclic) bond motifs is 1. The van der Waals surface area contributed by atoms with Crippen molar-refractivity contribution in [3.63, 3.8) is 0 Å². The lowest BCUT2D eigenvalue weighted by Gasteiger charge is -2.23. The summed E-state index contributed by atoms with van der Waals surface area (Å²) in [5.74, 6) is 0. The van der Waals surface area contributed by atoms with Crippen LogP contribution in [0.1, 0.15) is 32.1 Å². The van der Waals surface area contributed by atoms with Gasteiger partial charge in [0.15, 0.2) is 0 Å². The van der Waals surface area contributed by atoms with Gasteiger partial charge in [0.2, 0.25) is 0 Å². The Morgan fingerprint density at radius 3 is 2.67 bits per heavy atom. The molecule has 0 unspecified atom stereocenters. The van der Waals surface area contributed by atoms with Gasteiger partial charge in [0.05, 0.1) is 5.69 Å². The second-order valence-electron chi connectivity index (χ2n) is 6.01. The smallest absolute Gasteiger partial charge is 0.0600 e. The van der Waals surface area contributed by atoms with E-state index in [0.717, 1.165) is 0 Å². The van der Waals surface area contributed by atoms with Crippen LogP contribution in [0.2, 0.25) is 0 Å². The molecule has 1 aliphatic rings. The Morgan fingerprint density at radius 1 is 0.905 bits per heavy atom. The van der Waals surface area contributed by atoms with Gasteiger partial charge in [0.25, 0.3) is 0 Å². The Kier molecular flexibility index (Phi) is 3.18. The van der Waals surface area contributed by atoms with Crippen LogP contribution in [0.5, 0.6) is 0 Å². The second kappa shape index (κ2) is 5.32. The van der Waals surface area contributed by atoms with Crippen molar-refractivity contribution in [2.24, 2.45) is 0 Å². The second-order valence-corrected chi connectivity index (χ2v) is 6.01. The minimum Gasteiger partial charge on any atom is -0.381 e. The molecule has 0 aliphatic heterocycles. The van der Waals surface area contributed by atoms with Crippen LogP contribution in [0.25, 0.3) is 22.0 Å². The largest absolute Gasteiger partial charge is 0.381 e. The van der Waals surface area contributed by atoms with Crippen molar-refractivity contribution < 1.29 is 0 Å². The lowest BCUT2D eigenvalue weighted by Crippen LogP contribution is -2.22. The fraction of sp³-hybridized carbons (Fsp3) is 0.333. The van der Waals surface area contributed by atoms with Crippen LogP contribution in [0.4, 0.5) is 5.69 Å². The number of hydrogen-bond donors (Lipinski definition) is 3. The summed E-state index contributed by atoms with van der Waals surface area (Å²) in [6.07, 6.45) is 13.0. The number of rotatable bonds is 3. The van der Waals surface area contributed by atoms with Crippen LogP contribution in [0, 0.1) is 0 Å². The molecular formula is C18H21N3. The third-order valence-electron chi connectivity index (χ3n) is 4.59. The third-order valence-corrected chi connectivity index (χ3v) is 4.59. The third kappa shape index (κ3) is 2.33. The average molecular weight is 279 g/mol. The molecule has 1 aliphatic carbocycles. The van der Waals surface area contributed by atoms with Gasteiger partial charge in [-0.2, -0.15) is 0 Å². The molecule has 0 radical (unpaired) electrons. The number of para-hydroxylation sites is 1. The Labute approximate surface area is 124 Å². The SMILES string of the molecule is c1ccc2c(-c3c[nH]cc3NC3CCCCC3)c[nH]c2c1. The van der Waals surface area contributed by atoms with Crippen molar-refractivity contribution in [1.82, 2.24) is 9.97 Å². The maximum Gasteiger partial charge on any atom is 0.0600 e. The van der Waals surface area contributed by atoms with Crippen LogP contribution < -0.4 is 5.32 Å². The van der Waals surface area contributed by atoms with Gasteiger partial charge >= 0.3 is 0 Å². The first-order valence-electron chi connectivity index (χ1n) is 7.91. The van der Waals surface area contributed by atoms with Crippen LogP contribution in [-0.2, 0) is 0 Å². The molecule has 4 rings (SSSR count). The maximum absolute atomic E-state index is 3.74. The standard InChI is InChI=1S/C18H21N3/c1-2-6-13(7-3-1)21-18-12-19-10-16(18)15-11-20-17-9-5-4-8-14(15)17/h4-5,8-13,19-21H,1-3,6-7H2. The lowest BCUT2D eigenvalue weighted by atomic mass is 9.95. The molecule has 1 saturated carbocycles. The van der Waals surface area contributed by atoms with E-state index in [1.54, 1.807) is 0 Å². The van der Waals surface area contributed by atoms with Crippen molar-refractivity contribution in [1.29, 1.82) is 0 Å². The summed E-state index contributed by atoms with van der Waals surface area (Å²) < 4.78 is 0. The summed E-state index contributed by atoms with van der Waals surface area (Å²) in [5.41, 5.74) is 4.95. The van der Waals surface area contributed by atoms with Crippen molar-refractivity contribution in [2.45, 2.75) is 38.1 Å². The Morgan fingerprint density at radius 2 is 1.76 bits per heavy atom. The molecular weight excluding hydrogens is 258 g/mol. The fourth-order valence-electron chi connectivity index (χ4n) is 3.47. The van der Waals surface area contributed by atoms with Gasteiger partial charge in [-0.05, 0) is 18.9 Å². The van der Waals surface area contributed by atoms with Gasteiger partial charge in [-0.25, -0.2) is 0 Å². The number of nitrogens with one attached hydrogen (secondary N) is 3. The predicted octanol–water partition coefficient (Wildman–Crippen LogP) is 4.91. The van der Waals surface area contributed by atoms with Crippen LogP contribution in [0.15, 0.2) is 42.9 Å². The van der Waals surface area contributed by atoms with Crippen molar-refractivity contribution in [2.75, 3.05) is 5.32 Å². The zero-order valence-corrected chi connectivity index (χ0v) is 12.2. The van der Waals surface area contributed by atoms with Crippen LogP contribution in [0.3, 0.4) is 0 Å². The lowest BCUT2D eigenvalue weighted by molar-refractivity contribution is 0.463. The molecule has 3 nitrogen and oxygen atoms in total. The van der Waals surface area contributed by atoms with Crippen molar-refractivity contribution in [3.05, 3.63) is 42.9 Å². The van der Waals surface area contributed by atoms with E-state index >= 15 is 0 Å². The van der Waals surface area contributed by atoms with Crippen molar-refractivity contribution >= 4 is 16.6 Å². The van der Waals surface area contributed by atoms with E-state index in [1.807, 2.05) is 0 Å². The topological polar surface area (TPSA) is 43.6 Å². The molecule has 3 aromatic rings. The Hall–Kier alpha value is -2.16. The molecule has 1 fully saturated rings. The van der Waals surface area contributed by atoms with Crippen molar-refractivity contribution in [3.8, 4) is 11.1 Å². The van der Waals surface area contributed by atoms with Gasteiger partial charge in [0, 0.05) is 46.7 Å². The molecule has 2 aromatic heterocycles. The first-order chi connectivity index (χ1) is 10.4. The van der Waals surface area contributed by atoms with E-state index < -0.39 is 0 Å². The zero-order valence-electron chi connectivity index (χ0n) is 12.2. The van der Waals surface area contributed by atoms with E-state index in [0.29, 0.717) is 6.04 Å². The minimum absolute atomic E-state index is 0.624. The monoisotopic (exact) mass is 279 g/mol. The first-order valence-corrected chi connectivity index (χ1v) is 7.91. The number of aromatic amines is 2. The number of anilines is 1. The highest BCUT2D eigenvalue weighted by Crippen LogP contribution is 2.34. The summed E-state index contributed by atoms with van der Waals surface area (Å²) in [5, 5.41) is 5.02. The normalized spacial score (nSPS) is 16.4. The average Bonchev–Trinajstić information content (AvgIpc) is 3.14. The van der Waals surface area contributed by atoms with E-state index in [1.165, 1.54) is 59.8 Å². The molecule has 0 atom stereocenters. The molecule has 0 amide bonds. The van der Waals surface area contributed by atoms with Gasteiger partial charge in [-0.15, -0.1) is 0 Å². The van der Waals surface area contributed by atoms with E-state index in [4.69, 9.17) is 0 Å². The summed E-state index contributed by atoms with van der Waals surface area (Å²) in [7, 11) is 0. The number of hydrogen-bond acceptors (Lipinski definition) is 1. The fourth-order valence-corrected chi connectivity index (χ4v) is 3.47. The summed E-state index contributed by atoms with van der Waals surface area (Å²) in [6, 6.07) is 9.10. The first kappa shape index (κ1) is 12.6. The maximum atomic E-state index is 3.74. The van der Waals surface area contributed by atoms with E-state index in [9.17, 15) is 0 Å². The van der Waals surface area contributed by atoms with Crippen LogP contribution in [-0.4, -0.2) is 16.0 Å². The van der Waals surface area contributed by atoms with Gasteiger partial charge in [-0.1, -0.05) is 37.5 Å². The molecule has 0 saturated heterocycles. The predicted molar refractivity (Wildman–Crippen MR) is 88.6 cm³/mol. The molecule has 21 heavy (non-hydrogen) atoms. The molecule has 1 aromatic carbocycles. The highest BCUT2D eigenvalue weighted by atomic mass is 14.9. The van der Waals surface area contributed by atoms with Gasteiger partial charge < -0.3 is 15.3 Å². The Balaban J connectivity index is 1.68. The summed E-state index contributed by atoms with van der Waals surface area (Å²) >= 11 is 0. The van der Waals surface area contributed by atoms with Crippen LogP contribution >= 0.6 is 0 Å². The van der Waals surface area contributed by atoms with Gasteiger partial charge in [-0.3, -0.25) is 0 Å². The van der Waals surface area contributed by atoms with E-state index in [-0.39, 0.29) is 0 Å². The number of H-pyrrole nitrogens is 2. The summed E-state index contributed by atoms with van der Waals surface area (Å²) in [4.78, 5) is 6.63. The molecule has 0 bridgehead atoms. The molecule has 2 heterocycles. The number of benzene rings is 1. The highest BCUT2D eigenvalue weighted by Gasteiger charge is 2.16. The quantitative estimate of drug-likeness (QED) is 0.626. The van der Waals surface area contributed by atoms with Gasteiger partial charge in [0.1, 0.15) is 0 Å². The molecule has 0 spiro atoms. The van der Waals surface area contributed by atoms with E-state index in [2.05, 4.69) is 58.1 Å². The molecule has 108 valence electrons.